The Morgan fingerprint density at radius 1 is 1.41 bits per heavy atom. The van der Waals surface area contributed by atoms with Crippen LogP contribution in [0.1, 0.15) is 31.4 Å². The van der Waals surface area contributed by atoms with Crippen LogP contribution in [0.5, 0.6) is 0 Å². The molecule has 0 radical (unpaired) electrons. The fourth-order valence-corrected chi connectivity index (χ4v) is 2.66. The van der Waals surface area contributed by atoms with Crippen LogP contribution < -0.4 is 15.5 Å². The largest absolute Gasteiger partial charge is 0.381 e. The van der Waals surface area contributed by atoms with Gasteiger partial charge in [-0.1, -0.05) is 0 Å². The Balaban J connectivity index is 1.95. The lowest BCUT2D eigenvalue weighted by Crippen LogP contribution is -2.51. The van der Waals surface area contributed by atoms with Crippen LogP contribution in [-0.2, 0) is 4.74 Å². The molecule has 1 aliphatic carbocycles. The minimum Gasteiger partial charge on any atom is -0.381 e. The molecule has 2 rings (SSSR count). The van der Waals surface area contributed by atoms with E-state index >= 15 is 0 Å². The summed E-state index contributed by atoms with van der Waals surface area (Å²) >= 11 is 0. The summed E-state index contributed by atoms with van der Waals surface area (Å²) in [7, 11) is 5.46. The molecule has 2 N–H and O–H groups in total. The molecule has 1 fully saturated rings. The Labute approximate surface area is 130 Å². The second-order valence-electron chi connectivity index (χ2n) is 5.96. The number of nitrogens with one attached hydrogen (secondary N) is 2. The molecule has 0 aromatic heterocycles. The van der Waals surface area contributed by atoms with Gasteiger partial charge in [-0.15, -0.1) is 0 Å². The summed E-state index contributed by atoms with van der Waals surface area (Å²) in [6.45, 7) is 1.85. The SMILES string of the molecule is COC1CC(NC(=O)NC(C)c2cc(F)ccc2N(C)C)C1. The first-order valence-corrected chi connectivity index (χ1v) is 7.47. The Kier molecular flexibility index (Phi) is 5.24. The molecule has 0 aliphatic heterocycles. The van der Waals surface area contributed by atoms with Gasteiger partial charge in [0.2, 0.25) is 0 Å². The van der Waals surface area contributed by atoms with E-state index in [0.29, 0.717) is 0 Å². The standard InChI is InChI=1S/C16H24FN3O2/c1-10(14-7-11(17)5-6-15(14)20(2)3)18-16(21)19-12-8-13(9-12)22-4/h5-7,10,12-13H,8-9H2,1-4H3,(H2,18,19,21). The Morgan fingerprint density at radius 2 is 2.09 bits per heavy atom. The molecule has 0 spiro atoms. The van der Waals surface area contributed by atoms with E-state index < -0.39 is 0 Å². The summed E-state index contributed by atoms with van der Waals surface area (Å²) in [6, 6.07) is 4.23. The molecule has 1 aromatic carbocycles. The van der Waals surface area contributed by atoms with E-state index in [9.17, 15) is 9.18 Å². The number of ether oxygens (including phenoxy) is 1. The zero-order valence-corrected chi connectivity index (χ0v) is 13.5. The van der Waals surface area contributed by atoms with Gasteiger partial charge in [-0.25, -0.2) is 9.18 Å². The van der Waals surface area contributed by atoms with Gasteiger partial charge in [0.1, 0.15) is 5.82 Å². The molecule has 0 bridgehead atoms. The van der Waals surface area contributed by atoms with Gasteiger partial charge in [0, 0.05) is 38.5 Å². The van der Waals surface area contributed by atoms with Gasteiger partial charge in [-0.3, -0.25) is 0 Å². The van der Waals surface area contributed by atoms with E-state index in [0.717, 1.165) is 24.1 Å². The number of amides is 2. The van der Waals surface area contributed by atoms with Crippen LogP contribution in [0.2, 0.25) is 0 Å². The van der Waals surface area contributed by atoms with Gasteiger partial charge in [0.25, 0.3) is 0 Å². The molecule has 5 nitrogen and oxygen atoms in total. The van der Waals surface area contributed by atoms with E-state index in [1.165, 1.54) is 12.1 Å². The number of carbonyl (C=O) groups excluding carboxylic acids is 1. The van der Waals surface area contributed by atoms with Crippen LogP contribution in [0.15, 0.2) is 18.2 Å². The van der Waals surface area contributed by atoms with E-state index in [4.69, 9.17) is 4.74 Å². The van der Waals surface area contributed by atoms with E-state index in [2.05, 4.69) is 10.6 Å². The smallest absolute Gasteiger partial charge is 0.315 e. The lowest BCUT2D eigenvalue weighted by Gasteiger charge is -2.35. The van der Waals surface area contributed by atoms with Crippen molar-refractivity contribution in [3.8, 4) is 0 Å². The molecule has 1 atom stereocenters. The third kappa shape index (κ3) is 3.88. The number of hydrogen-bond donors (Lipinski definition) is 2. The molecule has 122 valence electrons. The summed E-state index contributed by atoms with van der Waals surface area (Å²) in [5, 5.41) is 5.77. The molecule has 1 aromatic rings. The number of halogens is 1. The van der Waals surface area contributed by atoms with Crippen molar-refractivity contribution in [2.45, 2.75) is 38.0 Å². The van der Waals surface area contributed by atoms with Crippen molar-refractivity contribution in [3.63, 3.8) is 0 Å². The second-order valence-corrected chi connectivity index (χ2v) is 5.96. The lowest BCUT2D eigenvalue weighted by atomic mass is 9.89. The second kappa shape index (κ2) is 6.96. The average Bonchev–Trinajstić information content (AvgIpc) is 2.41. The van der Waals surface area contributed by atoms with Crippen LogP contribution in [0.25, 0.3) is 0 Å². The van der Waals surface area contributed by atoms with Gasteiger partial charge in [-0.2, -0.15) is 0 Å². The van der Waals surface area contributed by atoms with E-state index in [-0.39, 0.29) is 30.0 Å². The van der Waals surface area contributed by atoms with Gasteiger partial charge in [0.15, 0.2) is 0 Å². The Bertz CT molecular complexity index is 530. The molecule has 1 unspecified atom stereocenters. The average molecular weight is 309 g/mol. The molecule has 1 aliphatic rings. The quantitative estimate of drug-likeness (QED) is 0.878. The summed E-state index contributed by atoms with van der Waals surface area (Å²) < 4.78 is 18.7. The molecule has 1 saturated carbocycles. The van der Waals surface area contributed by atoms with Gasteiger partial charge in [0.05, 0.1) is 12.1 Å². The molecular formula is C16H24FN3O2. The number of hydrogen-bond acceptors (Lipinski definition) is 3. The van der Waals surface area contributed by atoms with Crippen LogP contribution in [0, 0.1) is 5.82 Å². The van der Waals surface area contributed by atoms with E-state index in [1.54, 1.807) is 13.2 Å². The number of benzene rings is 1. The maximum Gasteiger partial charge on any atom is 0.315 e. The summed E-state index contributed by atoms with van der Waals surface area (Å²) in [4.78, 5) is 13.9. The van der Waals surface area contributed by atoms with Crippen molar-refractivity contribution in [1.82, 2.24) is 10.6 Å². The predicted octanol–water partition coefficient (Wildman–Crippen LogP) is 2.43. The molecular weight excluding hydrogens is 285 g/mol. The first-order chi connectivity index (χ1) is 10.4. The minimum atomic E-state index is -0.309. The highest BCUT2D eigenvalue weighted by Gasteiger charge is 2.30. The normalized spacial score (nSPS) is 21.7. The minimum absolute atomic E-state index is 0.151. The molecule has 0 heterocycles. The first-order valence-electron chi connectivity index (χ1n) is 7.47. The number of nitrogens with zero attached hydrogens (tertiary/aromatic N) is 1. The van der Waals surface area contributed by atoms with Crippen molar-refractivity contribution in [2.24, 2.45) is 0 Å². The molecule has 6 heteroatoms. The zero-order valence-electron chi connectivity index (χ0n) is 13.5. The number of anilines is 1. The Hall–Kier alpha value is -1.82. The molecule has 2 amide bonds. The number of methoxy groups -OCH3 is 1. The number of urea groups is 1. The van der Waals surface area contributed by atoms with Crippen molar-refractivity contribution in [2.75, 3.05) is 26.1 Å². The van der Waals surface area contributed by atoms with Crippen LogP contribution in [0.4, 0.5) is 14.9 Å². The fraction of sp³-hybridized carbons (Fsp3) is 0.562. The van der Waals surface area contributed by atoms with Crippen LogP contribution in [0.3, 0.4) is 0 Å². The highest BCUT2D eigenvalue weighted by atomic mass is 19.1. The number of carbonyl (C=O) groups is 1. The van der Waals surface area contributed by atoms with Crippen LogP contribution in [-0.4, -0.2) is 39.4 Å². The maximum atomic E-state index is 13.5. The monoisotopic (exact) mass is 309 g/mol. The summed E-state index contributed by atoms with van der Waals surface area (Å²) in [5.41, 5.74) is 1.64. The highest BCUT2D eigenvalue weighted by molar-refractivity contribution is 5.75. The van der Waals surface area contributed by atoms with Crippen molar-refractivity contribution >= 4 is 11.7 Å². The predicted molar refractivity (Wildman–Crippen MR) is 84.6 cm³/mol. The summed E-state index contributed by atoms with van der Waals surface area (Å²) in [6.07, 6.45) is 1.91. The fourth-order valence-electron chi connectivity index (χ4n) is 2.66. The molecule has 22 heavy (non-hydrogen) atoms. The molecule has 0 saturated heterocycles. The van der Waals surface area contributed by atoms with Crippen molar-refractivity contribution in [3.05, 3.63) is 29.6 Å². The summed E-state index contributed by atoms with van der Waals surface area (Å²) in [5.74, 6) is -0.309. The third-order valence-corrected chi connectivity index (χ3v) is 4.05. The third-order valence-electron chi connectivity index (χ3n) is 4.05. The van der Waals surface area contributed by atoms with Crippen molar-refractivity contribution < 1.29 is 13.9 Å². The van der Waals surface area contributed by atoms with E-state index in [1.807, 2.05) is 25.9 Å². The maximum absolute atomic E-state index is 13.5. The highest BCUT2D eigenvalue weighted by Crippen LogP contribution is 2.26. The number of rotatable bonds is 5. The lowest BCUT2D eigenvalue weighted by molar-refractivity contribution is 0.0205. The zero-order chi connectivity index (χ0) is 16.3. The van der Waals surface area contributed by atoms with Crippen LogP contribution >= 0.6 is 0 Å². The van der Waals surface area contributed by atoms with Gasteiger partial charge in [-0.05, 0) is 38.0 Å². The first kappa shape index (κ1) is 16.5. The topological polar surface area (TPSA) is 53.6 Å². The Morgan fingerprint density at radius 3 is 2.68 bits per heavy atom. The van der Waals surface area contributed by atoms with Crippen molar-refractivity contribution in [1.29, 1.82) is 0 Å². The van der Waals surface area contributed by atoms with Gasteiger partial charge < -0.3 is 20.3 Å². The van der Waals surface area contributed by atoms with Gasteiger partial charge >= 0.3 is 6.03 Å².